The molecule has 1 aliphatic carbocycles. The molecule has 2 aromatic rings. The molecule has 2 fully saturated rings. The van der Waals surface area contributed by atoms with Crippen LogP contribution in [0, 0.1) is 0 Å². The van der Waals surface area contributed by atoms with Gasteiger partial charge in [0.25, 0.3) is 0 Å². The van der Waals surface area contributed by atoms with Crippen LogP contribution in [0.15, 0.2) is 41.3 Å². The van der Waals surface area contributed by atoms with Gasteiger partial charge in [0.15, 0.2) is 0 Å². The summed E-state index contributed by atoms with van der Waals surface area (Å²) >= 11 is 0. The van der Waals surface area contributed by atoms with Crippen molar-refractivity contribution in [1.29, 1.82) is 0 Å². The van der Waals surface area contributed by atoms with Gasteiger partial charge in [0.1, 0.15) is 11.4 Å². The molecule has 0 spiro atoms. The van der Waals surface area contributed by atoms with Crippen LogP contribution in [0.4, 0.5) is 10.6 Å². The van der Waals surface area contributed by atoms with Crippen LogP contribution < -0.4 is 22.5 Å². The largest absolute Gasteiger partial charge is 0.394 e. The lowest BCUT2D eigenvalue weighted by Gasteiger charge is -2.37. The Hall–Kier alpha value is -3.32. The van der Waals surface area contributed by atoms with E-state index in [0.717, 1.165) is 38.8 Å². The van der Waals surface area contributed by atoms with Crippen LogP contribution in [-0.4, -0.2) is 98.2 Å². The molecule has 3 amide bonds. The lowest BCUT2D eigenvalue weighted by Crippen LogP contribution is -2.60. The number of nitrogens with zero attached hydrogens (tertiary/aromatic N) is 5. The summed E-state index contributed by atoms with van der Waals surface area (Å²) in [6, 6.07) is 9.95. The van der Waals surface area contributed by atoms with Crippen LogP contribution in [0.1, 0.15) is 45.1 Å². The molecule has 2 heterocycles. The second kappa shape index (κ2) is 12.9. The molecule has 12 nitrogen and oxygen atoms in total. The Kier molecular flexibility index (Phi) is 9.56. The number of carbonyl (C=O) groups excluding carboxylic acids is 2. The van der Waals surface area contributed by atoms with Crippen LogP contribution in [-0.2, 0) is 11.3 Å². The van der Waals surface area contributed by atoms with Crippen molar-refractivity contribution in [2.75, 3.05) is 44.6 Å². The molecule has 6 N–H and O–H groups in total. The number of carbonyl (C=O) groups is 2. The van der Waals surface area contributed by atoms with Gasteiger partial charge in [0.2, 0.25) is 5.91 Å². The molecule has 40 heavy (non-hydrogen) atoms. The summed E-state index contributed by atoms with van der Waals surface area (Å²) in [5, 5.41) is 12.0. The van der Waals surface area contributed by atoms with Gasteiger partial charge in [0, 0.05) is 51.0 Å². The number of benzene rings is 1. The minimum atomic E-state index is -1.35. The summed E-state index contributed by atoms with van der Waals surface area (Å²) in [6.07, 6.45) is 6.00. The standard InChI is InChI=1S/C28H42N8O4/c1-3-33(22-10-6-21(29)7-11-22)18-20-4-8-23(9-5-20)36-13-12-24(32-27(36)40)31-26(39)35-16-14-34(15-17-35)25(38)28(2,30)19-37/h4-5,8-9,12-13,21-22,37H,3,6-7,10-11,14-19,29-30H2,1-2H3,(H,31,32,39,40)/t21?,22?,28-/m0/s1. The van der Waals surface area contributed by atoms with E-state index >= 15 is 0 Å². The number of aliphatic hydroxyl groups excluding tert-OH is 1. The van der Waals surface area contributed by atoms with E-state index in [1.165, 1.54) is 22.0 Å². The van der Waals surface area contributed by atoms with Crippen LogP contribution in [0.25, 0.3) is 5.69 Å². The number of amides is 3. The highest BCUT2D eigenvalue weighted by Gasteiger charge is 2.34. The summed E-state index contributed by atoms with van der Waals surface area (Å²) in [4.78, 5) is 47.6. The Balaban J connectivity index is 1.32. The minimum Gasteiger partial charge on any atom is -0.394 e. The second-order valence-electron chi connectivity index (χ2n) is 11.0. The Morgan fingerprint density at radius 3 is 2.27 bits per heavy atom. The molecule has 218 valence electrons. The van der Waals surface area contributed by atoms with Gasteiger partial charge in [0.05, 0.1) is 12.3 Å². The highest BCUT2D eigenvalue weighted by Crippen LogP contribution is 2.24. The summed E-state index contributed by atoms with van der Waals surface area (Å²) in [6.45, 7) is 6.23. The molecule has 1 saturated carbocycles. The fourth-order valence-corrected chi connectivity index (χ4v) is 5.36. The Labute approximate surface area is 234 Å². The van der Waals surface area contributed by atoms with Crippen molar-refractivity contribution in [3.8, 4) is 5.69 Å². The number of anilines is 1. The van der Waals surface area contributed by atoms with E-state index in [9.17, 15) is 19.5 Å². The molecule has 1 aromatic heterocycles. The highest BCUT2D eigenvalue weighted by atomic mass is 16.3. The first-order chi connectivity index (χ1) is 19.1. The number of nitrogens with two attached hydrogens (primary N) is 2. The quantitative estimate of drug-likeness (QED) is 0.371. The Bertz CT molecular complexity index is 1220. The highest BCUT2D eigenvalue weighted by molar-refractivity contribution is 5.89. The molecular weight excluding hydrogens is 512 g/mol. The van der Waals surface area contributed by atoms with Gasteiger partial charge >= 0.3 is 11.7 Å². The van der Waals surface area contributed by atoms with Crippen molar-refractivity contribution < 1.29 is 14.7 Å². The first kappa shape index (κ1) is 29.7. The summed E-state index contributed by atoms with van der Waals surface area (Å²) in [7, 11) is 0. The maximum absolute atomic E-state index is 12.8. The van der Waals surface area contributed by atoms with Gasteiger partial charge in [-0.25, -0.2) is 9.59 Å². The number of rotatable bonds is 8. The summed E-state index contributed by atoms with van der Waals surface area (Å²) in [5.41, 5.74) is 11.9. The third-order valence-corrected chi connectivity index (χ3v) is 7.97. The maximum atomic E-state index is 12.8. The van der Waals surface area contributed by atoms with E-state index < -0.39 is 23.9 Å². The SMILES string of the molecule is CCN(Cc1ccc(-n2ccc(NC(=O)N3CCN(C(=O)[C@@](C)(N)CO)CC3)nc2=O)cc1)C1CCC(N)CC1. The van der Waals surface area contributed by atoms with Crippen LogP contribution in [0.3, 0.4) is 0 Å². The average Bonchev–Trinajstić information content (AvgIpc) is 2.96. The third kappa shape index (κ3) is 7.05. The smallest absolute Gasteiger partial charge is 0.354 e. The van der Waals surface area contributed by atoms with E-state index in [1.54, 1.807) is 17.2 Å². The molecule has 1 aliphatic heterocycles. The maximum Gasteiger partial charge on any atom is 0.354 e. The van der Waals surface area contributed by atoms with Gasteiger partial charge in [-0.1, -0.05) is 19.1 Å². The molecule has 2 aliphatic rings. The minimum absolute atomic E-state index is 0.155. The zero-order valence-corrected chi connectivity index (χ0v) is 23.5. The van der Waals surface area contributed by atoms with Crippen molar-refractivity contribution in [1.82, 2.24) is 24.3 Å². The van der Waals surface area contributed by atoms with Gasteiger partial charge < -0.3 is 26.4 Å². The van der Waals surface area contributed by atoms with E-state index in [2.05, 4.69) is 22.1 Å². The lowest BCUT2D eigenvalue weighted by molar-refractivity contribution is -0.139. The summed E-state index contributed by atoms with van der Waals surface area (Å²) in [5.74, 6) is -0.201. The van der Waals surface area contributed by atoms with Crippen LogP contribution in [0.5, 0.6) is 0 Å². The van der Waals surface area contributed by atoms with Crippen molar-refractivity contribution in [3.05, 3.63) is 52.6 Å². The van der Waals surface area contributed by atoms with Gasteiger partial charge in [-0.15, -0.1) is 0 Å². The molecule has 0 bridgehead atoms. The molecule has 4 rings (SSSR count). The molecule has 1 saturated heterocycles. The van der Waals surface area contributed by atoms with E-state index in [-0.39, 0.29) is 11.7 Å². The van der Waals surface area contributed by atoms with Crippen molar-refractivity contribution in [2.45, 2.75) is 63.7 Å². The van der Waals surface area contributed by atoms with E-state index in [1.807, 2.05) is 24.3 Å². The van der Waals surface area contributed by atoms with Crippen molar-refractivity contribution in [3.63, 3.8) is 0 Å². The lowest BCUT2D eigenvalue weighted by atomic mass is 9.90. The zero-order chi connectivity index (χ0) is 28.9. The fraction of sp³-hybridized carbons (Fsp3) is 0.571. The Morgan fingerprint density at radius 1 is 1.07 bits per heavy atom. The van der Waals surface area contributed by atoms with Gasteiger partial charge in [-0.05, 0) is 62.9 Å². The number of aliphatic hydroxyl groups is 1. The number of nitrogens with one attached hydrogen (secondary N) is 1. The molecule has 1 atom stereocenters. The number of urea groups is 1. The molecule has 1 aromatic carbocycles. The molecular formula is C28H42N8O4. The number of aromatic nitrogens is 2. The first-order valence-corrected chi connectivity index (χ1v) is 14.0. The zero-order valence-electron chi connectivity index (χ0n) is 23.5. The molecule has 12 heteroatoms. The van der Waals surface area contributed by atoms with Crippen LogP contribution >= 0.6 is 0 Å². The summed E-state index contributed by atoms with van der Waals surface area (Å²) < 4.78 is 1.44. The predicted octanol–water partition coefficient (Wildman–Crippen LogP) is 0.710. The van der Waals surface area contributed by atoms with Crippen LogP contribution in [0.2, 0.25) is 0 Å². The number of hydrogen-bond acceptors (Lipinski definition) is 8. The van der Waals surface area contributed by atoms with Crippen molar-refractivity contribution >= 4 is 17.8 Å². The topological polar surface area (TPSA) is 163 Å². The Morgan fingerprint density at radius 2 is 1.70 bits per heavy atom. The first-order valence-electron chi connectivity index (χ1n) is 14.0. The normalized spacial score (nSPS) is 21.2. The van der Waals surface area contributed by atoms with Crippen molar-refractivity contribution in [2.24, 2.45) is 11.5 Å². The number of hydrogen-bond donors (Lipinski definition) is 4. The fourth-order valence-electron chi connectivity index (χ4n) is 5.36. The predicted molar refractivity (Wildman–Crippen MR) is 153 cm³/mol. The van der Waals surface area contributed by atoms with Gasteiger partial charge in [-0.3, -0.25) is 19.6 Å². The second-order valence-corrected chi connectivity index (χ2v) is 11.0. The van der Waals surface area contributed by atoms with Gasteiger partial charge in [-0.2, -0.15) is 4.98 Å². The molecule has 0 unspecified atom stereocenters. The average molecular weight is 555 g/mol. The molecule has 0 radical (unpaired) electrons. The van der Waals surface area contributed by atoms with E-state index in [0.29, 0.717) is 44.0 Å². The monoisotopic (exact) mass is 554 g/mol. The number of piperazine rings is 1. The van der Waals surface area contributed by atoms with E-state index in [4.69, 9.17) is 11.5 Å². The third-order valence-electron chi connectivity index (χ3n) is 7.97.